The number of para-hydroxylation sites is 3. The van der Waals surface area contributed by atoms with E-state index in [1.807, 2.05) is 0 Å². The maximum Gasteiger partial charge on any atom is 0.0541 e. The lowest BCUT2D eigenvalue weighted by molar-refractivity contribution is 0.591. The molecular formula is C54H42N2. The number of fused-ring (bicyclic) bond motifs is 6. The molecule has 0 N–H and O–H groups in total. The Balaban J connectivity index is 0.919. The molecule has 0 saturated heterocycles. The molecule has 0 aliphatic rings. The van der Waals surface area contributed by atoms with Crippen LogP contribution in [0.1, 0.15) is 37.5 Å². The Kier molecular flexibility index (Phi) is 8.08. The standard InChI is InChI=1S/C54H42N2/c1-54(2,3)43-30-33-53-49(36-43)48-35-42(29-32-52(48)56(53)45-14-8-5-9-15-45)40-26-22-38(23-27-40)19-18-37-20-24-39(25-21-37)41-28-31-51-47(34-41)46-16-10-11-17-50(46)55(51)44-12-6-4-7-13-44/h4-36H,1-3H3/b19-18+. The fraction of sp³-hybridized carbons (Fsp3) is 0.0741. The number of hydrogen-bond acceptors (Lipinski definition) is 0. The SMILES string of the molecule is CC(C)(C)c1ccc2c(c1)c1cc(-c3ccc(/C=C/c4ccc(-c5ccc6c(c5)c5ccccc5n6-c5ccccc5)cc4)cc3)ccc1n2-c1ccccc1. The van der Waals surface area contributed by atoms with Gasteiger partial charge in [-0.15, -0.1) is 0 Å². The molecule has 0 saturated carbocycles. The lowest BCUT2D eigenvalue weighted by Gasteiger charge is -2.19. The molecule has 2 heteroatoms. The van der Waals surface area contributed by atoms with Crippen LogP contribution in [-0.4, -0.2) is 9.13 Å². The summed E-state index contributed by atoms with van der Waals surface area (Å²) in [6.07, 6.45) is 4.40. The van der Waals surface area contributed by atoms with E-state index in [0.717, 1.165) is 0 Å². The van der Waals surface area contributed by atoms with Crippen LogP contribution in [0.25, 0.3) is 89.4 Å². The van der Waals surface area contributed by atoms with Crippen LogP contribution in [0.4, 0.5) is 0 Å². The molecule has 0 amide bonds. The van der Waals surface area contributed by atoms with Gasteiger partial charge in [0.2, 0.25) is 0 Å². The molecule has 0 fully saturated rings. The Morgan fingerprint density at radius 3 is 1.23 bits per heavy atom. The highest BCUT2D eigenvalue weighted by atomic mass is 15.0. The molecule has 0 atom stereocenters. The van der Waals surface area contributed by atoms with Crippen molar-refractivity contribution in [1.29, 1.82) is 0 Å². The summed E-state index contributed by atoms with van der Waals surface area (Å²) in [4.78, 5) is 0. The first-order valence-electron chi connectivity index (χ1n) is 19.5. The van der Waals surface area contributed by atoms with Crippen LogP contribution >= 0.6 is 0 Å². The maximum absolute atomic E-state index is 2.39. The summed E-state index contributed by atoms with van der Waals surface area (Å²) in [5.41, 5.74) is 15.9. The molecule has 10 aromatic rings. The van der Waals surface area contributed by atoms with Crippen molar-refractivity contribution in [3.8, 4) is 33.6 Å². The van der Waals surface area contributed by atoms with Gasteiger partial charge in [-0.25, -0.2) is 0 Å². The summed E-state index contributed by atoms with van der Waals surface area (Å²) in [6.45, 7) is 6.86. The van der Waals surface area contributed by atoms with E-state index in [1.54, 1.807) is 0 Å². The van der Waals surface area contributed by atoms with E-state index in [1.165, 1.54) is 93.9 Å². The largest absolute Gasteiger partial charge is 0.309 e. The Morgan fingerprint density at radius 2 is 0.732 bits per heavy atom. The van der Waals surface area contributed by atoms with Crippen LogP contribution in [0.3, 0.4) is 0 Å². The number of hydrogen-bond donors (Lipinski definition) is 0. The van der Waals surface area contributed by atoms with Crippen LogP contribution in [0.5, 0.6) is 0 Å². The Morgan fingerprint density at radius 1 is 0.339 bits per heavy atom. The Labute approximate surface area is 328 Å². The summed E-state index contributed by atoms with van der Waals surface area (Å²) in [5.74, 6) is 0. The normalized spacial score (nSPS) is 12.1. The summed E-state index contributed by atoms with van der Waals surface area (Å²) < 4.78 is 4.76. The Bertz CT molecular complexity index is 3060. The highest BCUT2D eigenvalue weighted by molar-refractivity contribution is 6.11. The molecule has 2 nitrogen and oxygen atoms in total. The summed E-state index contributed by atoms with van der Waals surface area (Å²) in [7, 11) is 0. The zero-order valence-corrected chi connectivity index (χ0v) is 31.9. The first-order valence-corrected chi connectivity index (χ1v) is 19.5. The van der Waals surface area contributed by atoms with Gasteiger partial charge in [0.25, 0.3) is 0 Å². The van der Waals surface area contributed by atoms with E-state index >= 15 is 0 Å². The smallest absolute Gasteiger partial charge is 0.0541 e. The van der Waals surface area contributed by atoms with E-state index in [4.69, 9.17) is 0 Å². The lowest BCUT2D eigenvalue weighted by atomic mass is 9.86. The highest BCUT2D eigenvalue weighted by Crippen LogP contribution is 2.38. The fourth-order valence-corrected chi connectivity index (χ4v) is 8.30. The van der Waals surface area contributed by atoms with E-state index in [-0.39, 0.29) is 5.41 Å². The molecule has 0 unspecified atom stereocenters. The molecule has 0 aliphatic heterocycles. The fourth-order valence-electron chi connectivity index (χ4n) is 8.30. The molecule has 10 rings (SSSR count). The van der Waals surface area contributed by atoms with Gasteiger partial charge in [-0.05, 0) is 111 Å². The van der Waals surface area contributed by atoms with Crippen molar-refractivity contribution in [3.63, 3.8) is 0 Å². The first-order chi connectivity index (χ1) is 27.4. The predicted molar refractivity (Wildman–Crippen MR) is 240 cm³/mol. The lowest BCUT2D eigenvalue weighted by Crippen LogP contribution is -2.10. The van der Waals surface area contributed by atoms with Gasteiger partial charge in [0.1, 0.15) is 0 Å². The highest BCUT2D eigenvalue weighted by Gasteiger charge is 2.19. The number of benzene rings is 8. The van der Waals surface area contributed by atoms with Crippen molar-refractivity contribution in [3.05, 3.63) is 205 Å². The quantitative estimate of drug-likeness (QED) is 0.152. The third-order valence-electron chi connectivity index (χ3n) is 11.3. The molecule has 0 spiro atoms. The monoisotopic (exact) mass is 718 g/mol. The van der Waals surface area contributed by atoms with Gasteiger partial charge >= 0.3 is 0 Å². The predicted octanol–water partition coefficient (Wildman–Crippen LogP) is 14.7. The average Bonchev–Trinajstić information content (AvgIpc) is 3.75. The zero-order valence-electron chi connectivity index (χ0n) is 31.9. The molecule has 0 radical (unpaired) electrons. The molecule has 8 aromatic carbocycles. The van der Waals surface area contributed by atoms with Crippen molar-refractivity contribution in [1.82, 2.24) is 9.13 Å². The van der Waals surface area contributed by atoms with Gasteiger partial charge < -0.3 is 9.13 Å². The average molecular weight is 719 g/mol. The topological polar surface area (TPSA) is 9.86 Å². The second-order valence-electron chi connectivity index (χ2n) is 15.9. The van der Waals surface area contributed by atoms with Gasteiger partial charge in [0.15, 0.2) is 0 Å². The maximum atomic E-state index is 2.39. The number of nitrogens with zero attached hydrogens (tertiary/aromatic N) is 2. The minimum absolute atomic E-state index is 0.0692. The minimum Gasteiger partial charge on any atom is -0.309 e. The van der Waals surface area contributed by atoms with Gasteiger partial charge in [0.05, 0.1) is 22.1 Å². The van der Waals surface area contributed by atoms with E-state index in [9.17, 15) is 0 Å². The third-order valence-corrected chi connectivity index (χ3v) is 11.3. The van der Waals surface area contributed by atoms with Crippen molar-refractivity contribution in [2.24, 2.45) is 0 Å². The summed E-state index contributed by atoms with van der Waals surface area (Å²) in [5, 5.41) is 5.10. The van der Waals surface area contributed by atoms with Crippen molar-refractivity contribution < 1.29 is 0 Å². The van der Waals surface area contributed by atoms with Crippen LogP contribution in [0.2, 0.25) is 0 Å². The molecule has 2 aromatic heterocycles. The number of aromatic nitrogens is 2. The van der Waals surface area contributed by atoms with Gasteiger partial charge in [-0.3, -0.25) is 0 Å². The molecule has 0 bridgehead atoms. The second-order valence-corrected chi connectivity index (χ2v) is 15.9. The number of rotatable bonds is 6. The van der Waals surface area contributed by atoms with Gasteiger partial charge in [0, 0.05) is 32.9 Å². The first kappa shape index (κ1) is 33.7. The van der Waals surface area contributed by atoms with E-state index in [0.29, 0.717) is 0 Å². The molecular weight excluding hydrogens is 677 g/mol. The Hall–Kier alpha value is -6.90. The summed E-state index contributed by atoms with van der Waals surface area (Å²) in [6, 6.07) is 68.6. The molecule has 2 heterocycles. The van der Waals surface area contributed by atoms with Crippen molar-refractivity contribution >= 4 is 55.8 Å². The van der Waals surface area contributed by atoms with Crippen LogP contribution in [0.15, 0.2) is 188 Å². The van der Waals surface area contributed by atoms with Crippen molar-refractivity contribution in [2.45, 2.75) is 26.2 Å². The summed E-state index contributed by atoms with van der Waals surface area (Å²) >= 11 is 0. The van der Waals surface area contributed by atoms with Gasteiger partial charge in [-0.1, -0.05) is 154 Å². The van der Waals surface area contributed by atoms with E-state index in [2.05, 4.69) is 230 Å². The molecule has 268 valence electrons. The second kappa shape index (κ2) is 13.4. The van der Waals surface area contributed by atoms with Crippen LogP contribution in [0, 0.1) is 0 Å². The van der Waals surface area contributed by atoms with E-state index < -0.39 is 0 Å². The van der Waals surface area contributed by atoms with Crippen LogP contribution < -0.4 is 0 Å². The third kappa shape index (κ3) is 5.91. The van der Waals surface area contributed by atoms with Crippen LogP contribution in [-0.2, 0) is 5.41 Å². The van der Waals surface area contributed by atoms with Crippen molar-refractivity contribution in [2.75, 3.05) is 0 Å². The molecule has 0 aliphatic carbocycles. The van der Waals surface area contributed by atoms with Gasteiger partial charge in [-0.2, -0.15) is 0 Å². The zero-order chi connectivity index (χ0) is 37.8. The minimum atomic E-state index is 0.0692. The molecule has 56 heavy (non-hydrogen) atoms.